The quantitative estimate of drug-likeness (QED) is 0.864. The number of nitrogens with one attached hydrogen (secondary N) is 2. The Labute approximate surface area is 109 Å². The molecule has 0 amide bonds. The fourth-order valence-electron chi connectivity index (χ4n) is 2.26. The zero-order chi connectivity index (χ0) is 13.0. The highest BCUT2D eigenvalue weighted by atomic mass is 32.2. The van der Waals surface area contributed by atoms with Crippen LogP contribution in [0.4, 0.5) is 0 Å². The van der Waals surface area contributed by atoms with Gasteiger partial charge in [0.05, 0.1) is 4.90 Å². The number of aryl methyl sites for hydroxylation is 1. The lowest BCUT2D eigenvalue weighted by Crippen LogP contribution is -2.38. The Balaban J connectivity index is 2.01. The Morgan fingerprint density at radius 2 is 2.17 bits per heavy atom. The third-order valence-electron chi connectivity index (χ3n) is 3.34. The molecule has 4 nitrogen and oxygen atoms in total. The first-order valence-electron chi connectivity index (χ1n) is 6.35. The monoisotopic (exact) mass is 268 g/mol. The van der Waals surface area contributed by atoms with Gasteiger partial charge in [-0.2, -0.15) is 0 Å². The van der Waals surface area contributed by atoms with Crippen molar-refractivity contribution in [3.8, 4) is 0 Å². The van der Waals surface area contributed by atoms with E-state index in [4.69, 9.17) is 0 Å². The standard InChI is InChI=1S/C13H20N2O2S/c1-11-5-2-3-7-13(11)18(16,17)15-10-12-6-4-8-14-9-12/h2-3,5,7,12,14-15H,4,6,8-10H2,1H3. The van der Waals surface area contributed by atoms with Crippen LogP contribution in [0.5, 0.6) is 0 Å². The van der Waals surface area contributed by atoms with Gasteiger partial charge in [-0.3, -0.25) is 0 Å². The largest absolute Gasteiger partial charge is 0.316 e. The first-order valence-corrected chi connectivity index (χ1v) is 7.84. The van der Waals surface area contributed by atoms with Crippen LogP contribution >= 0.6 is 0 Å². The minimum atomic E-state index is -3.37. The van der Waals surface area contributed by atoms with Crippen molar-refractivity contribution in [2.24, 2.45) is 5.92 Å². The van der Waals surface area contributed by atoms with Crippen LogP contribution in [0.2, 0.25) is 0 Å². The van der Waals surface area contributed by atoms with E-state index < -0.39 is 10.0 Å². The first-order chi connectivity index (χ1) is 8.59. The Hall–Kier alpha value is -0.910. The molecule has 1 aromatic carbocycles. The Morgan fingerprint density at radius 3 is 2.83 bits per heavy atom. The molecule has 18 heavy (non-hydrogen) atoms. The van der Waals surface area contributed by atoms with Crippen molar-refractivity contribution in [1.82, 2.24) is 10.0 Å². The fraction of sp³-hybridized carbons (Fsp3) is 0.538. The zero-order valence-corrected chi connectivity index (χ0v) is 11.5. The number of piperidine rings is 1. The van der Waals surface area contributed by atoms with Crippen molar-refractivity contribution in [2.75, 3.05) is 19.6 Å². The Morgan fingerprint density at radius 1 is 1.39 bits per heavy atom. The van der Waals surface area contributed by atoms with Crippen molar-refractivity contribution in [3.63, 3.8) is 0 Å². The third-order valence-corrected chi connectivity index (χ3v) is 4.93. The van der Waals surface area contributed by atoms with E-state index in [9.17, 15) is 8.42 Å². The summed E-state index contributed by atoms with van der Waals surface area (Å²) in [6.07, 6.45) is 2.21. The van der Waals surface area contributed by atoms with Gasteiger partial charge in [-0.15, -0.1) is 0 Å². The maximum Gasteiger partial charge on any atom is 0.240 e. The Bertz CT molecular complexity index is 493. The third kappa shape index (κ3) is 3.31. The minimum absolute atomic E-state index is 0.383. The predicted octanol–water partition coefficient (Wildman–Crippen LogP) is 1.27. The topological polar surface area (TPSA) is 58.2 Å². The maximum atomic E-state index is 12.2. The van der Waals surface area contributed by atoms with E-state index in [2.05, 4.69) is 10.0 Å². The highest BCUT2D eigenvalue weighted by molar-refractivity contribution is 7.89. The molecule has 1 aliphatic rings. The highest BCUT2D eigenvalue weighted by Crippen LogP contribution is 2.15. The van der Waals surface area contributed by atoms with E-state index in [1.807, 2.05) is 19.1 Å². The molecule has 1 atom stereocenters. The van der Waals surface area contributed by atoms with Crippen LogP contribution in [0.3, 0.4) is 0 Å². The maximum absolute atomic E-state index is 12.2. The number of hydrogen-bond donors (Lipinski definition) is 2. The van der Waals surface area contributed by atoms with Crippen LogP contribution in [-0.2, 0) is 10.0 Å². The van der Waals surface area contributed by atoms with Crippen LogP contribution in [0, 0.1) is 12.8 Å². The van der Waals surface area contributed by atoms with Gasteiger partial charge < -0.3 is 5.32 Å². The summed E-state index contributed by atoms with van der Waals surface area (Å²) in [7, 11) is -3.37. The lowest BCUT2D eigenvalue weighted by atomic mass is 10.0. The molecule has 1 heterocycles. The Kier molecular flexibility index (Phi) is 4.37. The van der Waals surface area contributed by atoms with Crippen molar-refractivity contribution >= 4 is 10.0 Å². The molecule has 1 fully saturated rings. The lowest BCUT2D eigenvalue weighted by Gasteiger charge is -2.23. The van der Waals surface area contributed by atoms with Gasteiger partial charge in [0.1, 0.15) is 0 Å². The molecule has 0 aliphatic carbocycles. The molecular formula is C13H20N2O2S. The minimum Gasteiger partial charge on any atom is -0.316 e. The summed E-state index contributed by atoms with van der Waals surface area (Å²) in [5.41, 5.74) is 0.784. The molecule has 1 saturated heterocycles. The number of hydrogen-bond acceptors (Lipinski definition) is 3. The van der Waals surface area contributed by atoms with Gasteiger partial charge >= 0.3 is 0 Å². The molecule has 2 rings (SSSR count). The molecule has 100 valence electrons. The first kappa shape index (κ1) is 13.5. The molecule has 1 aliphatic heterocycles. The molecule has 1 aromatic rings. The normalized spacial score (nSPS) is 20.8. The number of benzene rings is 1. The van der Waals surface area contributed by atoms with Crippen molar-refractivity contribution in [1.29, 1.82) is 0 Å². The van der Waals surface area contributed by atoms with Gasteiger partial charge in [0.25, 0.3) is 0 Å². The van der Waals surface area contributed by atoms with Gasteiger partial charge in [0, 0.05) is 6.54 Å². The summed E-state index contributed by atoms with van der Waals surface area (Å²) >= 11 is 0. The summed E-state index contributed by atoms with van der Waals surface area (Å²) in [4.78, 5) is 0.383. The average molecular weight is 268 g/mol. The molecule has 5 heteroatoms. The second kappa shape index (κ2) is 5.82. The second-order valence-corrected chi connectivity index (χ2v) is 6.57. The van der Waals surface area contributed by atoms with Crippen molar-refractivity contribution in [2.45, 2.75) is 24.7 Å². The molecule has 2 N–H and O–H groups in total. The van der Waals surface area contributed by atoms with Crippen molar-refractivity contribution < 1.29 is 8.42 Å². The second-order valence-electron chi connectivity index (χ2n) is 4.83. The van der Waals surface area contributed by atoms with E-state index in [0.717, 1.165) is 31.5 Å². The number of rotatable bonds is 4. The number of sulfonamides is 1. The molecule has 0 aromatic heterocycles. The SMILES string of the molecule is Cc1ccccc1S(=O)(=O)NCC1CCCNC1. The predicted molar refractivity (Wildman–Crippen MR) is 72.0 cm³/mol. The van der Waals surface area contributed by atoms with Crippen LogP contribution in [-0.4, -0.2) is 28.1 Å². The van der Waals surface area contributed by atoms with E-state index in [-0.39, 0.29) is 0 Å². The molecule has 0 radical (unpaired) electrons. The van der Waals surface area contributed by atoms with E-state index >= 15 is 0 Å². The molecule has 0 saturated carbocycles. The lowest BCUT2D eigenvalue weighted by molar-refractivity contribution is 0.376. The van der Waals surface area contributed by atoms with Crippen LogP contribution in [0.15, 0.2) is 29.2 Å². The summed E-state index contributed by atoms with van der Waals surface area (Å²) in [6.45, 7) is 4.28. The van der Waals surface area contributed by atoms with Gasteiger partial charge in [0.15, 0.2) is 0 Å². The van der Waals surface area contributed by atoms with Gasteiger partial charge in [-0.05, 0) is 50.4 Å². The summed E-state index contributed by atoms with van der Waals surface area (Å²) < 4.78 is 27.0. The van der Waals surface area contributed by atoms with Crippen molar-refractivity contribution in [3.05, 3.63) is 29.8 Å². The van der Waals surface area contributed by atoms with Crippen LogP contribution in [0.1, 0.15) is 18.4 Å². The van der Waals surface area contributed by atoms with Gasteiger partial charge in [-0.25, -0.2) is 13.1 Å². The molecular weight excluding hydrogens is 248 g/mol. The summed E-state index contributed by atoms with van der Waals surface area (Å²) in [5, 5.41) is 3.29. The van der Waals surface area contributed by atoms with Crippen LogP contribution < -0.4 is 10.0 Å². The summed E-state index contributed by atoms with van der Waals surface area (Å²) in [5.74, 6) is 0.401. The van der Waals surface area contributed by atoms with E-state index in [0.29, 0.717) is 17.4 Å². The average Bonchev–Trinajstić information content (AvgIpc) is 2.38. The van der Waals surface area contributed by atoms with E-state index in [1.165, 1.54) is 0 Å². The molecule has 0 spiro atoms. The van der Waals surface area contributed by atoms with Gasteiger partial charge in [0.2, 0.25) is 10.0 Å². The van der Waals surface area contributed by atoms with E-state index in [1.54, 1.807) is 12.1 Å². The zero-order valence-electron chi connectivity index (χ0n) is 10.6. The smallest absolute Gasteiger partial charge is 0.240 e. The summed E-state index contributed by atoms with van der Waals surface area (Å²) in [6, 6.07) is 7.07. The molecule has 1 unspecified atom stereocenters. The van der Waals surface area contributed by atoms with Gasteiger partial charge in [-0.1, -0.05) is 18.2 Å². The molecule has 0 bridgehead atoms. The van der Waals surface area contributed by atoms with Crippen LogP contribution in [0.25, 0.3) is 0 Å². The highest BCUT2D eigenvalue weighted by Gasteiger charge is 2.19. The fourth-order valence-corrected chi connectivity index (χ4v) is 3.62.